The van der Waals surface area contributed by atoms with Gasteiger partial charge in [0.2, 0.25) is 0 Å². The monoisotopic (exact) mass is 267 g/mol. The molecule has 1 unspecified atom stereocenters. The van der Waals surface area contributed by atoms with Crippen molar-refractivity contribution in [2.45, 2.75) is 32.7 Å². The maximum absolute atomic E-state index is 6.46. The van der Waals surface area contributed by atoms with Crippen molar-refractivity contribution in [3.8, 4) is 0 Å². The van der Waals surface area contributed by atoms with E-state index < -0.39 is 0 Å². The molecule has 1 nitrogen and oxygen atoms in total. The van der Waals surface area contributed by atoms with Crippen LogP contribution >= 0.6 is 0 Å². The van der Waals surface area contributed by atoms with Gasteiger partial charge in [-0.1, -0.05) is 74.5 Å². The van der Waals surface area contributed by atoms with Crippen molar-refractivity contribution in [2.75, 3.05) is 0 Å². The highest BCUT2D eigenvalue weighted by Gasteiger charge is 2.21. The Morgan fingerprint density at radius 3 is 1.50 bits per heavy atom. The van der Waals surface area contributed by atoms with E-state index in [2.05, 4.69) is 74.5 Å². The average Bonchev–Trinajstić information content (AvgIpc) is 2.48. The van der Waals surface area contributed by atoms with Crippen LogP contribution in [0, 0.1) is 11.8 Å². The Balaban J connectivity index is 2.12. The van der Waals surface area contributed by atoms with Crippen molar-refractivity contribution < 1.29 is 0 Å². The Kier molecular flexibility index (Phi) is 5.37. The first-order chi connectivity index (χ1) is 9.66. The second kappa shape index (κ2) is 7.25. The molecule has 2 aromatic rings. The minimum absolute atomic E-state index is 0.232. The van der Waals surface area contributed by atoms with Crippen LogP contribution in [0.1, 0.15) is 25.0 Å². The third-order valence-electron chi connectivity index (χ3n) is 4.00. The van der Waals surface area contributed by atoms with E-state index in [4.69, 9.17) is 5.73 Å². The van der Waals surface area contributed by atoms with Crippen molar-refractivity contribution >= 4 is 0 Å². The van der Waals surface area contributed by atoms with Gasteiger partial charge in [0.15, 0.2) is 0 Å². The normalized spacial score (nSPS) is 12.8. The highest BCUT2D eigenvalue weighted by molar-refractivity contribution is 5.19. The maximum atomic E-state index is 6.46. The molecular formula is C19H25N. The molecule has 0 aliphatic carbocycles. The lowest BCUT2D eigenvalue weighted by Gasteiger charge is -2.27. The summed E-state index contributed by atoms with van der Waals surface area (Å²) in [6, 6.07) is 21.6. The fraction of sp³-hybridized carbons (Fsp3) is 0.368. The highest BCUT2D eigenvalue weighted by atomic mass is 14.7. The summed E-state index contributed by atoms with van der Waals surface area (Å²) >= 11 is 0. The van der Waals surface area contributed by atoms with E-state index in [-0.39, 0.29) is 6.04 Å². The molecule has 20 heavy (non-hydrogen) atoms. The summed E-state index contributed by atoms with van der Waals surface area (Å²) < 4.78 is 0. The van der Waals surface area contributed by atoms with Crippen molar-refractivity contribution in [1.82, 2.24) is 0 Å². The van der Waals surface area contributed by atoms with E-state index >= 15 is 0 Å². The number of benzene rings is 2. The lowest BCUT2D eigenvalue weighted by molar-refractivity contribution is 0.336. The fourth-order valence-electron chi connectivity index (χ4n) is 2.72. The Labute approximate surface area is 122 Å². The molecule has 0 radical (unpaired) electrons. The zero-order valence-electron chi connectivity index (χ0n) is 12.5. The molecule has 2 aromatic carbocycles. The minimum Gasteiger partial charge on any atom is -0.327 e. The Morgan fingerprint density at radius 1 is 0.750 bits per heavy atom. The van der Waals surface area contributed by atoms with E-state index in [0.29, 0.717) is 11.8 Å². The van der Waals surface area contributed by atoms with Gasteiger partial charge >= 0.3 is 0 Å². The molecule has 0 heterocycles. The molecule has 106 valence electrons. The molecule has 0 bridgehead atoms. The number of rotatable bonds is 6. The standard InChI is InChI=1S/C19H25N/c1-15(2)19(20)18(13-16-9-5-3-6-10-16)14-17-11-7-4-8-12-17/h3-12,15,18-19H,13-14,20H2,1-2H3. The maximum Gasteiger partial charge on any atom is 0.00967 e. The molecule has 0 aliphatic heterocycles. The third-order valence-corrected chi connectivity index (χ3v) is 4.00. The highest BCUT2D eigenvalue weighted by Crippen LogP contribution is 2.21. The van der Waals surface area contributed by atoms with Gasteiger partial charge in [0.1, 0.15) is 0 Å². The van der Waals surface area contributed by atoms with Gasteiger partial charge < -0.3 is 5.73 Å². The SMILES string of the molecule is CC(C)C(N)C(Cc1ccccc1)Cc1ccccc1. The van der Waals surface area contributed by atoms with Crippen LogP contribution in [0.3, 0.4) is 0 Å². The van der Waals surface area contributed by atoms with Crippen LogP contribution in [0.5, 0.6) is 0 Å². The quantitative estimate of drug-likeness (QED) is 0.839. The summed E-state index contributed by atoms with van der Waals surface area (Å²) in [5.74, 6) is 0.993. The fourth-order valence-corrected chi connectivity index (χ4v) is 2.72. The predicted octanol–water partition coefficient (Wildman–Crippen LogP) is 4.07. The van der Waals surface area contributed by atoms with Crippen molar-refractivity contribution in [1.29, 1.82) is 0 Å². The third kappa shape index (κ3) is 4.21. The molecule has 0 amide bonds. The molecule has 0 fully saturated rings. The van der Waals surface area contributed by atoms with E-state index in [9.17, 15) is 0 Å². The molecule has 2 N–H and O–H groups in total. The topological polar surface area (TPSA) is 26.0 Å². The van der Waals surface area contributed by atoms with Gasteiger partial charge in [0.05, 0.1) is 0 Å². The smallest absolute Gasteiger partial charge is 0.00967 e. The molecule has 1 heteroatoms. The van der Waals surface area contributed by atoms with Crippen LogP contribution in [0.25, 0.3) is 0 Å². The Bertz CT molecular complexity index is 448. The number of nitrogens with two attached hydrogens (primary N) is 1. The van der Waals surface area contributed by atoms with Crippen LogP contribution in [0.15, 0.2) is 60.7 Å². The summed E-state index contributed by atoms with van der Waals surface area (Å²) in [5, 5.41) is 0. The van der Waals surface area contributed by atoms with Crippen molar-refractivity contribution in [2.24, 2.45) is 17.6 Å². The molecular weight excluding hydrogens is 242 g/mol. The van der Waals surface area contributed by atoms with Gasteiger partial charge in [-0.05, 0) is 35.8 Å². The first-order valence-electron chi connectivity index (χ1n) is 7.50. The molecule has 0 saturated carbocycles. The zero-order chi connectivity index (χ0) is 14.4. The number of hydrogen-bond donors (Lipinski definition) is 1. The van der Waals surface area contributed by atoms with Gasteiger partial charge in [-0.25, -0.2) is 0 Å². The summed E-state index contributed by atoms with van der Waals surface area (Å²) in [6.07, 6.45) is 2.10. The van der Waals surface area contributed by atoms with E-state index in [1.54, 1.807) is 0 Å². The average molecular weight is 267 g/mol. The van der Waals surface area contributed by atoms with Gasteiger partial charge in [-0.2, -0.15) is 0 Å². The van der Waals surface area contributed by atoms with Crippen LogP contribution < -0.4 is 5.73 Å². The molecule has 0 saturated heterocycles. The molecule has 1 atom stereocenters. The van der Waals surface area contributed by atoms with Crippen LogP contribution in [-0.2, 0) is 12.8 Å². The van der Waals surface area contributed by atoms with Crippen LogP contribution in [0.4, 0.5) is 0 Å². The Morgan fingerprint density at radius 2 is 1.15 bits per heavy atom. The summed E-state index contributed by atoms with van der Waals surface area (Å²) in [6.45, 7) is 4.43. The zero-order valence-corrected chi connectivity index (χ0v) is 12.5. The van der Waals surface area contributed by atoms with E-state index in [1.807, 2.05) is 0 Å². The van der Waals surface area contributed by atoms with Gasteiger partial charge in [-0.3, -0.25) is 0 Å². The predicted molar refractivity (Wildman–Crippen MR) is 86.6 cm³/mol. The summed E-state index contributed by atoms with van der Waals surface area (Å²) in [5.41, 5.74) is 9.21. The Hall–Kier alpha value is -1.60. The van der Waals surface area contributed by atoms with Gasteiger partial charge in [0, 0.05) is 6.04 Å². The lowest BCUT2D eigenvalue weighted by Crippen LogP contribution is -2.37. The largest absolute Gasteiger partial charge is 0.327 e. The van der Waals surface area contributed by atoms with Crippen LogP contribution in [0.2, 0.25) is 0 Å². The minimum atomic E-state index is 0.232. The van der Waals surface area contributed by atoms with Gasteiger partial charge in [0.25, 0.3) is 0 Å². The summed E-state index contributed by atoms with van der Waals surface area (Å²) in [4.78, 5) is 0. The number of hydrogen-bond acceptors (Lipinski definition) is 1. The molecule has 2 rings (SSSR count). The molecule has 0 spiro atoms. The van der Waals surface area contributed by atoms with Crippen molar-refractivity contribution in [3.05, 3.63) is 71.8 Å². The van der Waals surface area contributed by atoms with Crippen LogP contribution in [-0.4, -0.2) is 6.04 Å². The first-order valence-corrected chi connectivity index (χ1v) is 7.50. The van der Waals surface area contributed by atoms with E-state index in [0.717, 1.165) is 12.8 Å². The lowest BCUT2D eigenvalue weighted by atomic mass is 9.82. The first kappa shape index (κ1) is 14.8. The van der Waals surface area contributed by atoms with Crippen molar-refractivity contribution in [3.63, 3.8) is 0 Å². The molecule has 0 aromatic heterocycles. The summed E-state index contributed by atoms with van der Waals surface area (Å²) in [7, 11) is 0. The second-order valence-corrected chi connectivity index (χ2v) is 5.96. The van der Waals surface area contributed by atoms with Gasteiger partial charge in [-0.15, -0.1) is 0 Å². The second-order valence-electron chi connectivity index (χ2n) is 5.96. The van der Waals surface area contributed by atoms with E-state index in [1.165, 1.54) is 11.1 Å². The molecule has 0 aliphatic rings.